The average Bonchev–Trinajstić information content (AvgIpc) is 1.69. The molecule has 9 N–H and O–H groups in total. The lowest BCUT2D eigenvalue weighted by molar-refractivity contribution is -0.197. The first-order valence-corrected chi connectivity index (χ1v) is 29.1. The van der Waals surface area contributed by atoms with E-state index in [9.17, 15) is 57.8 Å². The zero-order chi connectivity index (χ0) is 63.3. The van der Waals surface area contributed by atoms with Gasteiger partial charge in [-0.3, -0.25) is 43.8 Å². The van der Waals surface area contributed by atoms with Gasteiger partial charge in [-0.2, -0.15) is 0 Å². The van der Waals surface area contributed by atoms with Crippen molar-refractivity contribution in [1.82, 2.24) is 31.9 Å². The number of esters is 2. The van der Waals surface area contributed by atoms with Crippen LogP contribution in [0.5, 0.6) is 0 Å². The minimum absolute atomic E-state index is 0.0256. The highest BCUT2D eigenvalue weighted by atomic mass is 16.7. The van der Waals surface area contributed by atoms with E-state index in [1.54, 1.807) is 39.0 Å². The van der Waals surface area contributed by atoms with Gasteiger partial charge in [-0.05, 0) is 102 Å². The maximum atomic E-state index is 13.6. The predicted octanol–water partition coefficient (Wildman–Crippen LogP) is 3.71. The SMILES string of the molecule is CC(=O)O[C@@H](C)/C=C\C(=O)N[C@@H]1C[C@H](C)[C@H](C/C=C(C)/C=C/[C@H]2O[C@H](CC(=O)NNC(=O)OCc3ccc(NC(=O)[C@H](CCCNC(N)=O)NC(=O)[C@@H](OC(=O)CCCCCC(=O)ON4C(=O)CCC4=O)C(C)C)cc3)C[C@]3(O[C@@H]3C)[C@@H]2O)O[C@@H]1C. The van der Waals surface area contributed by atoms with Crippen molar-refractivity contribution in [2.45, 2.75) is 212 Å². The molecule has 0 radical (unpaired) electrons. The van der Waals surface area contributed by atoms with Gasteiger partial charge in [0.1, 0.15) is 36.6 Å². The number of nitrogens with two attached hydrogens (primary N) is 1. The van der Waals surface area contributed by atoms with Crippen LogP contribution in [-0.4, -0.2) is 149 Å². The van der Waals surface area contributed by atoms with E-state index in [1.165, 1.54) is 31.2 Å². The number of epoxide rings is 1. The normalized spacial score (nSPS) is 24.8. The van der Waals surface area contributed by atoms with Gasteiger partial charge >= 0.3 is 30.0 Å². The second-order valence-corrected chi connectivity index (χ2v) is 22.4. The molecule has 474 valence electrons. The Balaban J connectivity index is 1.04. The van der Waals surface area contributed by atoms with Crippen molar-refractivity contribution in [1.29, 1.82) is 0 Å². The molecule has 27 nitrogen and oxygen atoms in total. The molecule has 86 heavy (non-hydrogen) atoms. The summed E-state index contributed by atoms with van der Waals surface area (Å²) >= 11 is 0. The standard InChI is InChI=1S/C59H84N8O19/c1-33(2)53(84-51(73)14-10-9-11-15-52(74)86-67-49(71)26-27-50(67)72)56(77)64-43(13-12-28-61-57(60)78)55(76)62-41-21-19-40(20-22-41)32-80-58(79)66-65-48(70)30-42-31-59(38(7)85-59)54(75)46(83-42)24-17-34(3)16-23-45-35(4)29-44(37(6)82-45)63-47(69)25-18-36(5)81-39(8)68/h16-22,24-25,33,35-38,42-46,53-54,75H,9-15,23,26-32H2,1-8H3,(H,62,76)(H,63,69)(H,64,77)(H,65,70)(H,66,79)(H3,60,61,78)/b24-17+,25-18-,34-16+/t35-,36-,37+,38+,42+,43-,44+,45-,46+,53-,54+,59+/m0/s1. The molecule has 4 saturated heterocycles. The Labute approximate surface area is 499 Å². The molecular formula is C59H84N8O19. The summed E-state index contributed by atoms with van der Waals surface area (Å²) in [5.41, 5.74) is 10.5. The molecule has 0 unspecified atom stereocenters. The molecular weight excluding hydrogens is 1120 g/mol. The van der Waals surface area contributed by atoms with Crippen LogP contribution in [0.1, 0.15) is 144 Å². The van der Waals surface area contributed by atoms with Gasteiger partial charge in [-0.15, -0.1) is 5.06 Å². The van der Waals surface area contributed by atoms with Gasteiger partial charge in [-0.25, -0.2) is 19.8 Å². The molecule has 5 rings (SSSR count). The molecule has 1 spiro atoms. The molecule has 27 heteroatoms. The summed E-state index contributed by atoms with van der Waals surface area (Å²) in [6, 6.07) is 4.07. The molecule has 4 heterocycles. The number of rotatable bonds is 29. The number of anilines is 1. The number of hydrogen-bond acceptors (Lipinski definition) is 19. The van der Waals surface area contributed by atoms with Crippen LogP contribution in [0.4, 0.5) is 15.3 Å². The summed E-state index contributed by atoms with van der Waals surface area (Å²) in [7, 11) is 0. The summed E-state index contributed by atoms with van der Waals surface area (Å²) in [4.78, 5) is 141. The number of nitrogens with zero attached hydrogens (tertiary/aromatic N) is 1. The van der Waals surface area contributed by atoms with Crippen molar-refractivity contribution >= 4 is 71.2 Å². The second kappa shape index (κ2) is 33.2. The van der Waals surface area contributed by atoms with Crippen molar-refractivity contribution in [2.24, 2.45) is 17.6 Å². The second-order valence-electron chi connectivity index (χ2n) is 22.4. The molecule has 9 amide bonds. The molecule has 12 atom stereocenters. The smallest absolute Gasteiger partial charge is 0.426 e. The van der Waals surface area contributed by atoms with E-state index in [4.69, 9.17) is 39.0 Å². The summed E-state index contributed by atoms with van der Waals surface area (Å²) in [6.07, 6.45) is 4.88. The van der Waals surface area contributed by atoms with Crippen molar-refractivity contribution in [3.8, 4) is 0 Å². The lowest BCUT2D eigenvalue weighted by Crippen LogP contribution is -2.52. The first kappa shape index (κ1) is 69.0. The van der Waals surface area contributed by atoms with Crippen LogP contribution in [0.3, 0.4) is 0 Å². The number of allylic oxidation sites excluding steroid dienone is 2. The van der Waals surface area contributed by atoms with E-state index >= 15 is 0 Å². The zero-order valence-electron chi connectivity index (χ0n) is 50.1. The Hall–Kier alpha value is -7.75. The molecule has 1 aromatic carbocycles. The number of urea groups is 1. The predicted molar refractivity (Wildman–Crippen MR) is 305 cm³/mol. The van der Waals surface area contributed by atoms with Crippen LogP contribution in [0.25, 0.3) is 0 Å². The fourth-order valence-electron chi connectivity index (χ4n) is 10.0. The third-order valence-corrected chi connectivity index (χ3v) is 14.9. The molecule has 4 aliphatic rings. The van der Waals surface area contributed by atoms with Gasteiger partial charge in [0.2, 0.25) is 17.7 Å². The van der Waals surface area contributed by atoms with Crippen molar-refractivity contribution in [3.05, 3.63) is 65.8 Å². The molecule has 0 saturated carbocycles. The number of nitrogens with one attached hydrogen (secondary N) is 6. The Morgan fingerprint density at radius 3 is 2.17 bits per heavy atom. The number of aliphatic hydroxyl groups is 1. The fraction of sp³-hybridized carbons (Fsp3) is 0.610. The number of amides is 9. The lowest BCUT2D eigenvalue weighted by Gasteiger charge is -2.39. The van der Waals surface area contributed by atoms with Gasteiger partial charge in [-0.1, -0.05) is 63.1 Å². The van der Waals surface area contributed by atoms with Gasteiger partial charge in [0.25, 0.3) is 17.7 Å². The largest absolute Gasteiger partial charge is 0.459 e. The Bertz CT molecular complexity index is 2670. The van der Waals surface area contributed by atoms with Gasteiger partial charge in [0.05, 0.1) is 36.9 Å². The number of hydrazine groups is 1. The molecule has 4 aliphatic heterocycles. The first-order chi connectivity index (χ1) is 40.7. The van der Waals surface area contributed by atoms with E-state index in [1.807, 2.05) is 32.9 Å². The Morgan fingerprint density at radius 1 is 0.860 bits per heavy atom. The van der Waals surface area contributed by atoms with Gasteiger partial charge < -0.3 is 65.4 Å². The average molecular weight is 1210 g/mol. The van der Waals surface area contributed by atoms with Crippen LogP contribution >= 0.6 is 0 Å². The number of aliphatic hydroxyl groups excluding tert-OH is 1. The van der Waals surface area contributed by atoms with Crippen molar-refractivity contribution in [2.75, 3.05) is 11.9 Å². The monoisotopic (exact) mass is 1210 g/mol. The highest BCUT2D eigenvalue weighted by molar-refractivity contribution is 6.01. The number of imide groups is 1. The summed E-state index contributed by atoms with van der Waals surface area (Å²) in [6.45, 7) is 13.9. The van der Waals surface area contributed by atoms with Gasteiger partial charge in [0.15, 0.2) is 6.10 Å². The van der Waals surface area contributed by atoms with E-state index < -0.39 is 108 Å². The number of hydrogen-bond donors (Lipinski definition) is 8. The zero-order valence-corrected chi connectivity index (χ0v) is 50.1. The molecule has 1 aromatic rings. The van der Waals surface area contributed by atoms with Crippen molar-refractivity contribution < 1.29 is 91.1 Å². The number of benzene rings is 1. The van der Waals surface area contributed by atoms with Crippen LogP contribution in [0.2, 0.25) is 0 Å². The highest BCUT2D eigenvalue weighted by Gasteiger charge is 2.64. The first-order valence-electron chi connectivity index (χ1n) is 29.1. The minimum atomic E-state index is -1.28. The Kier molecular flexibility index (Phi) is 26.7. The van der Waals surface area contributed by atoms with Crippen LogP contribution in [0, 0.1) is 11.8 Å². The maximum absolute atomic E-state index is 13.6. The summed E-state index contributed by atoms with van der Waals surface area (Å²) in [5.74, 6) is -5.71. The van der Waals surface area contributed by atoms with E-state index in [0.717, 1.165) is 5.57 Å². The fourth-order valence-corrected chi connectivity index (χ4v) is 10.0. The topological polar surface area (TPSA) is 377 Å². The molecule has 0 bridgehead atoms. The summed E-state index contributed by atoms with van der Waals surface area (Å²) < 4.78 is 34.2. The number of unbranched alkanes of at least 4 members (excludes halogenated alkanes) is 2. The highest BCUT2D eigenvalue weighted by Crippen LogP contribution is 2.49. The molecule has 0 aromatic heterocycles. The number of primary amides is 1. The molecule has 0 aliphatic carbocycles. The number of carbonyl (C=O) groups excluding carboxylic acids is 11. The van der Waals surface area contributed by atoms with E-state index in [2.05, 4.69) is 39.0 Å². The number of ether oxygens (including phenoxy) is 6. The Morgan fingerprint density at radius 2 is 1.53 bits per heavy atom. The van der Waals surface area contributed by atoms with E-state index in [0.29, 0.717) is 48.4 Å². The third kappa shape index (κ3) is 22.3. The number of carbonyl (C=O) groups is 11. The quantitative estimate of drug-likeness (QED) is 0.00828. The van der Waals surface area contributed by atoms with Crippen molar-refractivity contribution in [3.63, 3.8) is 0 Å². The van der Waals surface area contributed by atoms with Crippen LogP contribution < -0.4 is 37.9 Å². The number of hydroxylamine groups is 2. The maximum Gasteiger partial charge on any atom is 0.426 e. The van der Waals surface area contributed by atoms with Gasteiger partial charge in [0, 0.05) is 57.3 Å². The lowest BCUT2D eigenvalue weighted by atomic mass is 9.84. The summed E-state index contributed by atoms with van der Waals surface area (Å²) in [5, 5.41) is 22.6. The third-order valence-electron chi connectivity index (χ3n) is 14.9. The van der Waals surface area contributed by atoms with Crippen LogP contribution in [0.15, 0.2) is 60.2 Å². The molecule has 4 fully saturated rings. The van der Waals surface area contributed by atoms with Crippen LogP contribution in [-0.2, 0) is 83.0 Å². The van der Waals surface area contributed by atoms with E-state index in [-0.39, 0.29) is 101 Å². The minimum Gasteiger partial charge on any atom is -0.459 e.